The molecule has 1 radical (unpaired) electrons. The van der Waals surface area contributed by atoms with Crippen molar-refractivity contribution in [1.29, 1.82) is 0 Å². The molecule has 0 spiro atoms. The molecule has 0 aromatic heterocycles. The van der Waals surface area contributed by atoms with E-state index in [9.17, 15) is 0 Å². The Morgan fingerprint density at radius 1 is 1.07 bits per heavy atom. The molecule has 0 N–H and O–H groups in total. The van der Waals surface area contributed by atoms with Crippen molar-refractivity contribution in [2.24, 2.45) is 0 Å². The van der Waals surface area contributed by atoms with E-state index in [-0.39, 0.29) is 21.7 Å². The molecule has 2 aliphatic carbocycles. The van der Waals surface area contributed by atoms with Gasteiger partial charge >= 0.3 is 21.7 Å². The zero-order valence-corrected chi connectivity index (χ0v) is 9.93. The van der Waals surface area contributed by atoms with Crippen molar-refractivity contribution in [3.63, 3.8) is 0 Å². The molecule has 0 heterocycles. The van der Waals surface area contributed by atoms with Gasteiger partial charge in [-0.3, -0.25) is 12.2 Å². The normalized spacial score (nSPS) is 13.4. The van der Waals surface area contributed by atoms with Crippen LogP contribution in [0.15, 0.2) is 49.1 Å². The SMILES string of the molecule is C=C[CH2-].[C-]1=CC=CC1.[C-]1=CC=CC1.[Ti+3]. The first-order chi connectivity index (χ1) is 6.41. The van der Waals surface area contributed by atoms with E-state index in [2.05, 4.69) is 37.8 Å². The standard InChI is InChI=1S/2C5H5.C3H5.Ti/c2*1-2-4-5-3-1;1-3-2;/h2*1-3H,4H2;3H,1-2H2;/q3*-1;+3. The van der Waals surface area contributed by atoms with Crippen molar-refractivity contribution < 1.29 is 21.7 Å². The minimum Gasteiger partial charge on any atom is -0.273 e. The summed E-state index contributed by atoms with van der Waals surface area (Å²) >= 11 is 0. The van der Waals surface area contributed by atoms with E-state index in [1.807, 2.05) is 24.3 Å². The van der Waals surface area contributed by atoms with E-state index in [1.54, 1.807) is 0 Å². The quantitative estimate of drug-likeness (QED) is 0.431. The van der Waals surface area contributed by atoms with Gasteiger partial charge in [0.05, 0.1) is 0 Å². The first-order valence-corrected chi connectivity index (χ1v) is 4.25. The Morgan fingerprint density at radius 3 is 1.50 bits per heavy atom. The summed E-state index contributed by atoms with van der Waals surface area (Å²) in [5.74, 6) is 0. The van der Waals surface area contributed by atoms with Gasteiger partial charge in [0.15, 0.2) is 0 Å². The summed E-state index contributed by atoms with van der Waals surface area (Å²) in [6.07, 6.45) is 21.5. The maximum absolute atomic E-state index is 3.25. The monoisotopic (exact) mass is 219 g/mol. The van der Waals surface area contributed by atoms with E-state index >= 15 is 0 Å². The molecule has 0 atom stereocenters. The average molecular weight is 219 g/mol. The molecule has 0 fully saturated rings. The van der Waals surface area contributed by atoms with Crippen LogP contribution >= 0.6 is 0 Å². The summed E-state index contributed by atoms with van der Waals surface area (Å²) in [6, 6.07) is 0. The summed E-state index contributed by atoms with van der Waals surface area (Å²) in [7, 11) is 0. The van der Waals surface area contributed by atoms with Gasteiger partial charge in [0, 0.05) is 0 Å². The molecular weight excluding hydrogens is 204 g/mol. The van der Waals surface area contributed by atoms with Crippen LogP contribution in [0.1, 0.15) is 12.8 Å². The maximum Gasteiger partial charge on any atom is 3.00 e. The molecule has 0 aromatic rings. The molecule has 14 heavy (non-hydrogen) atoms. The summed E-state index contributed by atoms with van der Waals surface area (Å²) in [5.41, 5.74) is 0. The maximum atomic E-state index is 3.25. The fourth-order valence-corrected chi connectivity index (χ4v) is 0.680. The molecular formula is C13H15Ti. The Hall–Kier alpha value is -0.716. The third-order valence-corrected chi connectivity index (χ3v) is 1.17. The van der Waals surface area contributed by atoms with Crippen LogP contribution in [0.4, 0.5) is 0 Å². The van der Waals surface area contributed by atoms with Crippen LogP contribution in [0.3, 0.4) is 0 Å². The van der Waals surface area contributed by atoms with Gasteiger partial charge in [-0.1, -0.05) is 0 Å². The fourth-order valence-electron chi connectivity index (χ4n) is 0.680. The van der Waals surface area contributed by atoms with Gasteiger partial charge in [-0.25, -0.2) is 43.9 Å². The number of rotatable bonds is 0. The van der Waals surface area contributed by atoms with Crippen molar-refractivity contribution in [2.75, 3.05) is 0 Å². The van der Waals surface area contributed by atoms with E-state index < -0.39 is 0 Å². The van der Waals surface area contributed by atoms with Crippen molar-refractivity contribution >= 4 is 0 Å². The number of hydrogen-bond acceptors (Lipinski definition) is 0. The molecule has 0 aromatic carbocycles. The van der Waals surface area contributed by atoms with E-state index in [1.165, 1.54) is 6.08 Å². The van der Waals surface area contributed by atoms with Gasteiger partial charge in [-0.2, -0.15) is 12.2 Å². The Bertz CT molecular complexity index is 177. The van der Waals surface area contributed by atoms with Crippen LogP contribution in [-0.2, 0) is 21.7 Å². The van der Waals surface area contributed by atoms with Gasteiger partial charge in [-0.05, 0) is 0 Å². The van der Waals surface area contributed by atoms with E-state index in [4.69, 9.17) is 0 Å². The van der Waals surface area contributed by atoms with Crippen molar-refractivity contribution in [3.05, 3.63) is 68.2 Å². The zero-order chi connectivity index (χ0) is 9.78. The van der Waals surface area contributed by atoms with Gasteiger partial charge < -0.3 is 0 Å². The molecule has 0 saturated heterocycles. The van der Waals surface area contributed by atoms with Crippen molar-refractivity contribution in [2.45, 2.75) is 12.8 Å². The van der Waals surface area contributed by atoms with Crippen LogP contribution in [0.5, 0.6) is 0 Å². The predicted molar refractivity (Wildman–Crippen MR) is 58.7 cm³/mol. The van der Waals surface area contributed by atoms with Crippen LogP contribution < -0.4 is 0 Å². The van der Waals surface area contributed by atoms with Gasteiger partial charge in [0.1, 0.15) is 0 Å². The van der Waals surface area contributed by atoms with Crippen LogP contribution in [-0.4, -0.2) is 0 Å². The fraction of sp³-hybridized carbons (Fsp3) is 0.154. The third-order valence-electron chi connectivity index (χ3n) is 1.17. The summed E-state index contributed by atoms with van der Waals surface area (Å²) in [5, 5.41) is 0. The average Bonchev–Trinajstić information content (AvgIpc) is 2.85. The smallest absolute Gasteiger partial charge is 0.273 e. The molecule has 0 amide bonds. The minimum atomic E-state index is 0. The Labute approximate surface area is 103 Å². The Kier molecular flexibility index (Phi) is 16.6. The largest absolute Gasteiger partial charge is 3.00 e. The zero-order valence-electron chi connectivity index (χ0n) is 8.37. The predicted octanol–water partition coefficient (Wildman–Crippen LogP) is 3.62. The molecule has 0 bridgehead atoms. The minimum absolute atomic E-state index is 0. The van der Waals surface area contributed by atoms with Gasteiger partial charge in [0.25, 0.3) is 0 Å². The molecule has 0 aliphatic heterocycles. The van der Waals surface area contributed by atoms with Crippen molar-refractivity contribution in [1.82, 2.24) is 0 Å². The molecule has 2 aliphatic rings. The van der Waals surface area contributed by atoms with E-state index in [0.717, 1.165) is 12.8 Å². The molecule has 1 heteroatoms. The van der Waals surface area contributed by atoms with Gasteiger partial charge in [0.2, 0.25) is 0 Å². The topological polar surface area (TPSA) is 0 Å². The first kappa shape index (κ1) is 15.7. The van der Waals surface area contributed by atoms with Crippen molar-refractivity contribution in [3.8, 4) is 0 Å². The number of hydrogen-bond donors (Lipinski definition) is 0. The van der Waals surface area contributed by atoms with Crippen LogP contribution in [0, 0.1) is 19.1 Å². The molecule has 0 saturated carbocycles. The summed E-state index contributed by atoms with van der Waals surface area (Å²) < 4.78 is 0. The van der Waals surface area contributed by atoms with Gasteiger partial charge in [-0.15, -0.1) is 12.8 Å². The summed E-state index contributed by atoms with van der Waals surface area (Å²) in [4.78, 5) is 0. The Morgan fingerprint density at radius 2 is 1.43 bits per heavy atom. The van der Waals surface area contributed by atoms with Crippen LogP contribution in [0.2, 0.25) is 0 Å². The second-order valence-corrected chi connectivity index (χ2v) is 2.29. The van der Waals surface area contributed by atoms with Crippen LogP contribution in [0.25, 0.3) is 0 Å². The Balaban J connectivity index is 0. The molecule has 0 unspecified atom stereocenters. The molecule has 71 valence electrons. The van der Waals surface area contributed by atoms with E-state index in [0.29, 0.717) is 0 Å². The molecule has 0 nitrogen and oxygen atoms in total. The second-order valence-electron chi connectivity index (χ2n) is 2.29. The number of allylic oxidation sites excluding steroid dienone is 9. The second kappa shape index (κ2) is 14.8. The molecule has 2 rings (SSSR count). The third kappa shape index (κ3) is 13.8. The summed E-state index contributed by atoms with van der Waals surface area (Å²) in [6.45, 7) is 6.50. The first-order valence-electron chi connectivity index (χ1n) is 4.25.